The van der Waals surface area contributed by atoms with Crippen LogP contribution in [0.4, 0.5) is 0 Å². The Bertz CT molecular complexity index is 518. The number of aliphatic hydroxyl groups excluding tert-OH is 1. The molecular weight excluding hydrogens is 204 g/mol. The van der Waals surface area contributed by atoms with Crippen molar-refractivity contribution in [2.75, 3.05) is 0 Å². The van der Waals surface area contributed by atoms with Crippen molar-refractivity contribution in [2.45, 2.75) is 27.4 Å². The first-order valence-electron chi connectivity index (χ1n) is 5.13. The van der Waals surface area contributed by atoms with Crippen molar-refractivity contribution in [3.8, 4) is 11.5 Å². The second kappa shape index (κ2) is 4.06. The summed E-state index contributed by atoms with van der Waals surface area (Å²) >= 11 is 0. The zero-order valence-corrected chi connectivity index (χ0v) is 9.61. The highest BCUT2D eigenvalue weighted by atomic mass is 16.4. The highest BCUT2D eigenvalue weighted by molar-refractivity contribution is 5.61. The Kier molecular flexibility index (Phi) is 2.75. The van der Waals surface area contributed by atoms with Crippen molar-refractivity contribution in [1.29, 1.82) is 0 Å². The molecule has 0 bridgehead atoms. The van der Waals surface area contributed by atoms with E-state index < -0.39 is 0 Å². The van der Waals surface area contributed by atoms with Crippen molar-refractivity contribution in [3.63, 3.8) is 0 Å². The van der Waals surface area contributed by atoms with Crippen LogP contribution in [-0.2, 0) is 6.61 Å². The first kappa shape index (κ1) is 10.8. The van der Waals surface area contributed by atoms with Crippen LogP contribution >= 0.6 is 0 Å². The van der Waals surface area contributed by atoms with Gasteiger partial charge in [0.1, 0.15) is 6.61 Å². The molecule has 0 atom stereocenters. The van der Waals surface area contributed by atoms with Gasteiger partial charge in [-0.05, 0) is 38.0 Å². The van der Waals surface area contributed by atoms with Crippen molar-refractivity contribution in [2.24, 2.45) is 0 Å². The van der Waals surface area contributed by atoms with E-state index in [9.17, 15) is 0 Å². The minimum absolute atomic E-state index is 0.225. The van der Waals surface area contributed by atoms with E-state index in [0.717, 1.165) is 16.7 Å². The third-order valence-electron chi connectivity index (χ3n) is 2.64. The monoisotopic (exact) mass is 218 g/mol. The van der Waals surface area contributed by atoms with Gasteiger partial charge in [-0.25, -0.2) is 0 Å². The number of aromatic nitrogens is 2. The predicted molar refractivity (Wildman–Crippen MR) is 59.9 cm³/mol. The number of nitrogens with zero attached hydrogens (tertiary/aromatic N) is 2. The lowest BCUT2D eigenvalue weighted by Crippen LogP contribution is -1.89. The molecule has 16 heavy (non-hydrogen) atoms. The SMILES string of the molecule is Cc1cc(C)c(C)c(-c2nnc(CO)o2)c1. The molecule has 84 valence electrons. The largest absolute Gasteiger partial charge is 0.418 e. The molecule has 2 aromatic rings. The van der Waals surface area contributed by atoms with Crippen LogP contribution in [-0.4, -0.2) is 15.3 Å². The van der Waals surface area contributed by atoms with E-state index in [-0.39, 0.29) is 12.5 Å². The summed E-state index contributed by atoms with van der Waals surface area (Å²) in [5, 5.41) is 16.5. The second-order valence-corrected chi connectivity index (χ2v) is 3.91. The fourth-order valence-electron chi connectivity index (χ4n) is 1.69. The van der Waals surface area contributed by atoms with Crippen LogP contribution in [0.3, 0.4) is 0 Å². The van der Waals surface area contributed by atoms with Crippen LogP contribution in [0.2, 0.25) is 0 Å². The maximum absolute atomic E-state index is 8.88. The second-order valence-electron chi connectivity index (χ2n) is 3.91. The number of aryl methyl sites for hydroxylation is 2. The van der Waals surface area contributed by atoms with Gasteiger partial charge in [0, 0.05) is 5.56 Å². The quantitative estimate of drug-likeness (QED) is 0.839. The molecule has 1 aromatic heterocycles. The summed E-state index contributed by atoms with van der Waals surface area (Å²) in [4.78, 5) is 0. The van der Waals surface area contributed by atoms with Crippen LogP contribution in [0.1, 0.15) is 22.6 Å². The summed E-state index contributed by atoms with van der Waals surface area (Å²) in [6, 6.07) is 4.12. The molecule has 0 amide bonds. The van der Waals surface area contributed by atoms with Gasteiger partial charge in [0.2, 0.25) is 11.8 Å². The Morgan fingerprint density at radius 1 is 1.19 bits per heavy atom. The van der Waals surface area contributed by atoms with E-state index in [1.54, 1.807) is 0 Å². The van der Waals surface area contributed by atoms with E-state index in [4.69, 9.17) is 9.52 Å². The van der Waals surface area contributed by atoms with Gasteiger partial charge in [0.15, 0.2) is 0 Å². The van der Waals surface area contributed by atoms with E-state index in [1.807, 2.05) is 19.9 Å². The molecule has 0 unspecified atom stereocenters. The Morgan fingerprint density at radius 2 is 1.94 bits per heavy atom. The summed E-state index contributed by atoms with van der Waals surface area (Å²) in [6.07, 6.45) is 0. The fourth-order valence-corrected chi connectivity index (χ4v) is 1.69. The van der Waals surface area contributed by atoms with Crippen molar-refractivity contribution >= 4 is 0 Å². The van der Waals surface area contributed by atoms with E-state index >= 15 is 0 Å². The lowest BCUT2D eigenvalue weighted by atomic mass is 10.0. The van der Waals surface area contributed by atoms with Gasteiger partial charge in [-0.2, -0.15) is 0 Å². The van der Waals surface area contributed by atoms with Crippen LogP contribution in [0, 0.1) is 20.8 Å². The highest BCUT2D eigenvalue weighted by Gasteiger charge is 2.12. The molecule has 2 rings (SSSR count). The first-order valence-corrected chi connectivity index (χ1v) is 5.13. The number of aliphatic hydroxyl groups is 1. The average Bonchev–Trinajstić information content (AvgIpc) is 2.71. The molecule has 0 spiro atoms. The maximum Gasteiger partial charge on any atom is 0.248 e. The van der Waals surface area contributed by atoms with Gasteiger partial charge < -0.3 is 9.52 Å². The molecule has 4 nitrogen and oxygen atoms in total. The third kappa shape index (κ3) is 1.84. The van der Waals surface area contributed by atoms with Gasteiger partial charge in [-0.3, -0.25) is 0 Å². The predicted octanol–water partition coefficient (Wildman–Crippen LogP) is 2.15. The lowest BCUT2D eigenvalue weighted by Gasteiger charge is -2.06. The third-order valence-corrected chi connectivity index (χ3v) is 2.64. The molecule has 0 aliphatic heterocycles. The molecule has 0 fully saturated rings. The minimum Gasteiger partial charge on any atom is -0.418 e. The van der Waals surface area contributed by atoms with E-state index in [2.05, 4.69) is 23.2 Å². The molecule has 0 saturated heterocycles. The Labute approximate surface area is 93.9 Å². The number of rotatable bonds is 2. The summed E-state index contributed by atoms with van der Waals surface area (Å²) in [6.45, 7) is 5.87. The zero-order chi connectivity index (χ0) is 11.7. The van der Waals surface area contributed by atoms with Gasteiger partial charge in [0.25, 0.3) is 0 Å². The van der Waals surface area contributed by atoms with Crippen LogP contribution in [0.15, 0.2) is 16.5 Å². The van der Waals surface area contributed by atoms with Crippen molar-refractivity contribution < 1.29 is 9.52 Å². The van der Waals surface area contributed by atoms with Crippen molar-refractivity contribution in [3.05, 3.63) is 34.7 Å². The molecule has 0 saturated carbocycles. The lowest BCUT2D eigenvalue weighted by molar-refractivity contribution is 0.241. The summed E-state index contributed by atoms with van der Waals surface area (Å²) < 4.78 is 5.34. The normalized spacial score (nSPS) is 10.8. The van der Waals surface area contributed by atoms with Crippen LogP contribution in [0.25, 0.3) is 11.5 Å². The number of hydrogen-bond donors (Lipinski definition) is 1. The molecule has 0 aliphatic carbocycles. The summed E-state index contributed by atoms with van der Waals surface area (Å²) in [5.74, 6) is 0.710. The van der Waals surface area contributed by atoms with Gasteiger partial charge >= 0.3 is 0 Å². The Morgan fingerprint density at radius 3 is 2.56 bits per heavy atom. The van der Waals surface area contributed by atoms with Crippen molar-refractivity contribution in [1.82, 2.24) is 10.2 Å². The topological polar surface area (TPSA) is 59.2 Å². The van der Waals surface area contributed by atoms with Gasteiger partial charge in [0.05, 0.1) is 0 Å². The number of benzene rings is 1. The minimum atomic E-state index is -0.225. The zero-order valence-electron chi connectivity index (χ0n) is 9.61. The fraction of sp³-hybridized carbons (Fsp3) is 0.333. The maximum atomic E-state index is 8.88. The summed E-state index contributed by atoms with van der Waals surface area (Å²) in [5.41, 5.74) is 4.41. The smallest absolute Gasteiger partial charge is 0.248 e. The molecule has 1 heterocycles. The Hall–Kier alpha value is -1.68. The number of hydrogen-bond acceptors (Lipinski definition) is 4. The molecule has 4 heteroatoms. The average molecular weight is 218 g/mol. The van der Waals surface area contributed by atoms with E-state index in [1.165, 1.54) is 5.56 Å². The van der Waals surface area contributed by atoms with E-state index in [0.29, 0.717) is 5.89 Å². The highest BCUT2D eigenvalue weighted by Crippen LogP contribution is 2.25. The molecule has 1 aromatic carbocycles. The van der Waals surface area contributed by atoms with Gasteiger partial charge in [-0.1, -0.05) is 11.6 Å². The molecular formula is C12H14N2O2. The standard InChI is InChI=1S/C12H14N2O2/c1-7-4-8(2)9(3)10(5-7)12-14-13-11(6-15)16-12/h4-5,15H,6H2,1-3H3. The summed E-state index contributed by atoms with van der Waals surface area (Å²) in [7, 11) is 0. The van der Waals surface area contributed by atoms with Gasteiger partial charge in [-0.15, -0.1) is 10.2 Å². The first-order chi connectivity index (χ1) is 7.61. The molecule has 1 N–H and O–H groups in total. The Balaban J connectivity index is 2.54. The molecule has 0 radical (unpaired) electrons. The van der Waals surface area contributed by atoms with Crippen LogP contribution < -0.4 is 0 Å². The molecule has 0 aliphatic rings. The van der Waals surface area contributed by atoms with Crippen LogP contribution in [0.5, 0.6) is 0 Å².